The number of carbonyl (C=O) groups is 4. The number of pyridine rings is 2. The van der Waals surface area contributed by atoms with Crippen LogP contribution in [0, 0.1) is 25.7 Å². The molecule has 0 aliphatic heterocycles. The first kappa shape index (κ1) is 40.8. The maximum absolute atomic E-state index is 12.9. The molecule has 2 saturated carbocycles. The molecule has 0 spiro atoms. The summed E-state index contributed by atoms with van der Waals surface area (Å²) in [5.41, 5.74) is 20.1. The SMILES string of the molecule is Cc1cccnc1NC(=O)C(C)(N=[N+]=[N-])c1ccc(CC2CCCC2=O)cc1.Cc1cccnc1NC(=O)C(C)(N=[N+]=[N-])c1ccc(CC2CCCC2=O)cc1. The lowest BCUT2D eigenvalue weighted by atomic mass is 9.89. The van der Waals surface area contributed by atoms with Crippen molar-refractivity contribution >= 4 is 35.0 Å². The van der Waals surface area contributed by atoms with E-state index in [0.717, 1.165) is 47.9 Å². The standard InChI is InChI=1S/2C21H23N5O2/c2*1-14-5-4-12-23-19(14)24-20(28)21(2,25-26-22)17-10-8-15(9-11-17)13-16-6-3-7-18(16)27/h2*4-5,8-12,16H,3,6-7,13H2,1-2H3,(H,23,24,28). The lowest BCUT2D eigenvalue weighted by molar-refractivity contribution is -0.121. The van der Waals surface area contributed by atoms with Crippen molar-refractivity contribution in [3.05, 3.63) is 139 Å². The average Bonchev–Trinajstić information content (AvgIpc) is 3.80. The summed E-state index contributed by atoms with van der Waals surface area (Å²) in [6.45, 7) is 6.84. The number of hydrogen-bond donors (Lipinski definition) is 2. The summed E-state index contributed by atoms with van der Waals surface area (Å²) in [5, 5.41) is 13.1. The summed E-state index contributed by atoms with van der Waals surface area (Å²) >= 11 is 0. The fourth-order valence-corrected chi connectivity index (χ4v) is 7.05. The number of nitrogens with one attached hydrogen (secondary N) is 2. The molecule has 0 saturated heterocycles. The highest BCUT2D eigenvalue weighted by Gasteiger charge is 2.36. The number of azide groups is 2. The lowest BCUT2D eigenvalue weighted by Gasteiger charge is -2.24. The van der Waals surface area contributed by atoms with Crippen molar-refractivity contribution in [1.29, 1.82) is 0 Å². The summed E-state index contributed by atoms with van der Waals surface area (Å²) in [6, 6.07) is 22.0. The quantitative estimate of drug-likeness (QED) is 0.0817. The zero-order valence-corrected chi connectivity index (χ0v) is 32.1. The maximum Gasteiger partial charge on any atom is 0.241 e. The van der Waals surface area contributed by atoms with Gasteiger partial charge in [0.05, 0.1) is 0 Å². The predicted molar refractivity (Wildman–Crippen MR) is 213 cm³/mol. The molecule has 14 heteroatoms. The van der Waals surface area contributed by atoms with Gasteiger partial charge in [0.2, 0.25) is 11.8 Å². The Hall–Kier alpha value is -6.36. The molecule has 2 aliphatic carbocycles. The summed E-state index contributed by atoms with van der Waals surface area (Å²) < 4.78 is 0. The van der Waals surface area contributed by atoms with Gasteiger partial charge in [-0.3, -0.25) is 19.2 Å². The third kappa shape index (κ3) is 9.65. The van der Waals surface area contributed by atoms with Gasteiger partial charge in [0, 0.05) is 46.9 Å². The molecular weight excluding hydrogens is 709 g/mol. The van der Waals surface area contributed by atoms with Crippen LogP contribution in [-0.4, -0.2) is 33.3 Å². The fourth-order valence-electron chi connectivity index (χ4n) is 7.05. The van der Waals surface area contributed by atoms with Crippen LogP contribution in [0.25, 0.3) is 20.9 Å². The highest BCUT2D eigenvalue weighted by molar-refractivity contribution is 5.99. The topological polar surface area (TPSA) is 216 Å². The van der Waals surface area contributed by atoms with Crippen molar-refractivity contribution < 1.29 is 19.2 Å². The first-order valence-corrected chi connectivity index (χ1v) is 18.7. The van der Waals surface area contributed by atoms with Crippen molar-refractivity contribution in [2.24, 2.45) is 22.1 Å². The van der Waals surface area contributed by atoms with E-state index in [1.807, 2.05) is 50.2 Å². The van der Waals surface area contributed by atoms with Crippen LogP contribution < -0.4 is 10.6 Å². The van der Waals surface area contributed by atoms with Gasteiger partial charge < -0.3 is 10.6 Å². The van der Waals surface area contributed by atoms with E-state index in [9.17, 15) is 19.2 Å². The van der Waals surface area contributed by atoms with Crippen molar-refractivity contribution in [3.8, 4) is 0 Å². The monoisotopic (exact) mass is 754 g/mol. The van der Waals surface area contributed by atoms with Crippen LogP contribution in [0.15, 0.2) is 95.4 Å². The molecule has 0 bridgehead atoms. The van der Waals surface area contributed by atoms with Crippen molar-refractivity contribution in [2.45, 2.75) is 90.1 Å². The Morgan fingerprint density at radius 3 is 1.36 bits per heavy atom. The summed E-state index contributed by atoms with van der Waals surface area (Å²) in [6.07, 6.45) is 9.72. The van der Waals surface area contributed by atoms with Crippen LogP contribution in [0.3, 0.4) is 0 Å². The Balaban J connectivity index is 0.000000214. The number of Topliss-reactive ketones (excluding diaryl/α,β-unsaturated/α-hetero) is 2. The van der Waals surface area contributed by atoms with Crippen molar-refractivity contribution in [2.75, 3.05) is 10.6 Å². The first-order valence-electron chi connectivity index (χ1n) is 18.7. The molecule has 2 heterocycles. The number of aromatic nitrogens is 2. The number of ketones is 2. The van der Waals surface area contributed by atoms with Gasteiger partial charge >= 0.3 is 0 Å². The van der Waals surface area contributed by atoms with Crippen LogP contribution in [0.2, 0.25) is 0 Å². The van der Waals surface area contributed by atoms with Crippen molar-refractivity contribution in [3.63, 3.8) is 0 Å². The molecule has 288 valence electrons. The number of nitrogens with zero attached hydrogens (tertiary/aromatic N) is 8. The van der Waals surface area contributed by atoms with E-state index in [0.29, 0.717) is 60.0 Å². The third-order valence-electron chi connectivity index (χ3n) is 10.7. The van der Waals surface area contributed by atoms with E-state index in [1.165, 1.54) is 0 Å². The average molecular weight is 755 g/mol. The number of hydrogen-bond acceptors (Lipinski definition) is 8. The Labute approximate surface area is 325 Å². The Kier molecular flexibility index (Phi) is 13.3. The molecule has 6 rings (SSSR count). The Bertz CT molecular complexity index is 2020. The van der Waals surface area contributed by atoms with E-state index >= 15 is 0 Å². The second-order valence-corrected chi connectivity index (χ2v) is 14.7. The van der Waals surface area contributed by atoms with Crippen LogP contribution in [0.5, 0.6) is 0 Å². The number of amides is 2. The number of benzene rings is 2. The molecule has 2 fully saturated rings. The van der Waals surface area contributed by atoms with Crippen LogP contribution in [0.4, 0.5) is 11.6 Å². The smallest absolute Gasteiger partial charge is 0.241 e. The fraction of sp³-hybridized carbons (Fsp3) is 0.381. The number of carbonyl (C=O) groups excluding carboxylic acids is 4. The second kappa shape index (κ2) is 18.3. The minimum absolute atomic E-state index is 0.0878. The number of anilines is 2. The molecule has 2 aromatic heterocycles. The number of aryl methyl sites for hydroxylation is 2. The molecule has 4 unspecified atom stereocenters. The van der Waals surface area contributed by atoms with Gasteiger partial charge in [-0.2, -0.15) is 0 Å². The minimum Gasteiger partial charge on any atom is -0.310 e. The van der Waals surface area contributed by atoms with Crippen LogP contribution in [0.1, 0.15) is 85.8 Å². The highest BCUT2D eigenvalue weighted by Crippen LogP contribution is 2.32. The second-order valence-electron chi connectivity index (χ2n) is 14.7. The van der Waals surface area contributed by atoms with Gasteiger partial charge in [0.1, 0.15) is 34.3 Å². The molecule has 2 N–H and O–H groups in total. The zero-order valence-electron chi connectivity index (χ0n) is 32.1. The van der Waals surface area contributed by atoms with E-state index in [4.69, 9.17) is 11.1 Å². The van der Waals surface area contributed by atoms with Crippen LogP contribution >= 0.6 is 0 Å². The summed E-state index contributed by atoms with van der Waals surface area (Å²) in [7, 11) is 0. The number of rotatable bonds is 12. The maximum atomic E-state index is 12.9. The van der Waals surface area contributed by atoms with E-state index in [1.54, 1.807) is 62.6 Å². The van der Waals surface area contributed by atoms with Gasteiger partial charge in [-0.05, 0) is 123 Å². The first-order chi connectivity index (χ1) is 26.9. The Morgan fingerprint density at radius 2 is 1.05 bits per heavy atom. The van der Waals surface area contributed by atoms with Crippen molar-refractivity contribution in [1.82, 2.24) is 9.97 Å². The summed E-state index contributed by atoms with van der Waals surface area (Å²) in [5.74, 6) is 0.791. The van der Waals surface area contributed by atoms with Crippen LogP contribution in [-0.2, 0) is 43.1 Å². The molecule has 0 radical (unpaired) electrons. The largest absolute Gasteiger partial charge is 0.310 e. The Morgan fingerprint density at radius 1 is 0.679 bits per heavy atom. The molecule has 2 amide bonds. The van der Waals surface area contributed by atoms with E-state index in [2.05, 4.69) is 40.7 Å². The van der Waals surface area contributed by atoms with Gasteiger partial charge in [-0.15, -0.1) is 0 Å². The summed E-state index contributed by atoms with van der Waals surface area (Å²) in [4.78, 5) is 63.7. The van der Waals surface area contributed by atoms with E-state index < -0.39 is 22.9 Å². The van der Waals surface area contributed by atoms with Gasteiger partial charge in [-0.1, -0.05) is 70.9 Å². The van der Waals surface area contributed by atoms with Gasteiger partial charge in [0.15, 0.2) is 0 Å². The molecule has 4 atom stereocenters. The molecule has 2 aliphatic rings. The lowest BCUT2D eigenvalue weighted by Crippen LogP contribution is -2.36. The molecule has 4 aromatic rings. The normalized spacial score (nSPS) is 18.2. The molecule has 56 heavy (non-hydrogen) atoms. The van der Waals surface area contributed by atoms with Gasteiger partial charge in [0.25, 0.3) is 0 Å². The minimum atomic E-state index is -1.42. The predicted octanol–water partition coefficient (Wildman–Crippen LogP) is 8.93. The van der Waals surface area contributed by atoms with E-state index in [-0.39, 0.29) is 11.8 Å². The highest BCUT2D eigenvalue weighted by atomic mass is 16.2. The molecule has 14 nitrogen and oxygen atoms in total. The molecule has 2 aromatic carbocycles. The zero-order chi connectivity index (χ0) is 40.3. The molecular formula is C42H46N10O4. The van der Waals surface area contributed by atoms with Gasteiger partial charge in [-0.25, -0.2) is 9.97 Å². The third-order valence-corrected chi connectivity index (χ3v) is 10.7.